The summed E-state index contributed by atoms with van der Waals surface area (Å²) >= 11 is 0. The molecule has 0 bridgehead atoms. The Kier molecular flexibility index (Phi) is 5.98. The summed E-state index contributed by atoms with van der Waals surface area (Å²) < 4.78 is 32.0. The van der Waals surface area contributed by atoms with Crippen molar-refractivity contribution in [3.05, 3.63) is 115 Å². The van der Waals surface area contributed by atoms with E-state index in [1.54, 1.807) is 6.07 Å². The Hall–Kier alpha value is -4.08. The van der Waals surface area contributed by atoms with Crippen molar-refractivity contribution in [2.75, 3.05) is 16.5 Å². The van der Waals surface area contributed by atoms with Gasteiger partial charge in [0.15, 0.2) is 0 Å². The van der Waals surface area contributed by atoms with Crippen molar-refractivity contribution in [3.63, 3.8) is 0 Å². The van der Waals surface area contributed by atoms with Gasteiger partial charge in [-0.05, 0) is 68.9 Å². The SMILES string of the molecule is [2H]C([2H])([2H])c1ccnc(-n2c3[c-]c(Oc4[c-]c(N5CN(C(C)(C)C)c6ccccc65)ccc4)ccc3c3ccccc32)c1.[Pt+2]. The van der Waals surface area contributed by atoms with Crippen molar-refractivity contribution < 1.29 is 29.9 Å². The number of fused-ring (bicyclic) bond motifs is 4. The summed E-state index contributed by atoms with van der Waals surface area (Å²) in [6.45, 7) is 5.13. The molecular formula is C35H30N4OPt. The van der Waals surface area contributed by atoms with E-state index in [9.17, 15) is 0 Å². The zero-order valence-electron chi connectivity index (χ0n) is 26.0. The number of rotatable bonds is 4. The van der Waals surface area contributed by atoms with Gasteiger partial charge in [-0.3, -0.25) is 0 Å². The number of hydrogen-bond acceptors (Lipinski definition) is 4. The van der Waals surface area contributed by atoms with Crippen molar-refractivity contribution in [2.24, 2.45) is 0 Å². The van der Waals surface area contributed by atoms with Crippen LogP contribution >= 0.6 is 0 Å². The van der Waals surface area contributed by atoms with Crippen LogP contribution in [0.15, 0.2) is 97.2 Å². The molecule has 3 heterocycles. The molecule has 0 amide bonds. The molecule has 6 aromatic rings. The predicted molar refractivity (Wildman–Crippen MR) is 163 cm³/mol. The fourth-order valence-electron chi connectivity index (χ4n) is 5.48. The molecule has 1 aliphatic heterocycles. The maximum Gasteiger partial charge on any atom is 2.00 e. The zero-order valence-corrected chi connectivity index (χ0v) is 25.2. The van der Waals surface area contributed by atoms with E-state index in [2.05, 4.69) is 72.0 Å². The van der Waals surface area contributed by atoms with E-state index in [4.69, 9.17) is 8.85 Å². The molecule has 5 nitrogen and oxygen atoms in total. The molecule has 0 fully saturated rings. The summed E-state index contributed by atoms with van der Waals surface area (Å²) in [6.07, 6.45) is 1.54. The van der Waals surface area contributed by atoms with Crippen LogP contribution in [-0.4, -0.2) is 21.8 Å². The van der Waals surface area contributed by atoms with Gasteiger partial charge in [0.25, 0.3) is 0 Å². The van der Waals surface area contributed by atoms with Crippen LogP contribution in [0.25, 0.3) is 27.6 Å². The Morgan fingerprint density at radius 3 is 2.44 bits per heavy atom. The standard InChI is InChI=1S/C35H30N4O.Pt/c1-24-18-19-36-34(20-24)39-30-13-6-5-12-28(30)29-17-16-27(22-33(29)39)40-26-11-9-10-25(21-26)37-23-38(35(2,3)4)32-15-8-7-14-31(32)37;/h5-20H,23H2,1-4H3;/q-2;+2/i1D3;. The van der Waals surface area contributed by atoms with Crippen molar-refractivity contribution >= 4 is 38.9 Å². The molecule has 41 heavy (non-hydrogen) atoms. The Balaban J connectivity index is 0.00000343. The van der Waals surface area contributed by atoms with E-state index in [-0.39, 0.29) is 32.2 Å². The molecule has 6 heteroatoms. The fraction of sp³-hybridized carbons (Fsp3) is 0.171. The summed E-state index contributed by atoms with van der Waals surface area (Å²) in [5.41, 5.74) is 5.09. The van der Waals surface area contributed by atoms with Crippen molar-refractivity contribution in [1.29, 1.82) is 0 Å². The van der Waals surface area contributed by atoms with E-state index in [0.29, 0.717) is 24.0 Å². The number of nitrogens with zero attached hydrogens (tertiary/aromatic N) is 4. The number of hydrogen-bond donors (Lipinski definition) is 0. The van der Waals surface area contributed by atoms with E-state index in [0.717, 1.165) is 33.2 Å². The Bertz CT molecular complexity index is 2000. The number of aryl methyl sites for hydroxylation is 1. The smallest absolute Gasteiger partial charge is 0.509 e. The second kappa shape index (κ2) is 10.4. The van der Waals surface area contributed by atoms with Gasteiger partial charge < -0.3 is 19.1 Å². The molecule has 0 atom stereocenters. The molecule has 0 saturated heterocycles. The quantitative estimate of drug-likeness (QED) is 0.171. The molecule has 0 saturated carbocycles. The number of pyridine rings is 1. The van der Waals surface area contributed by atoms with Crippen molar-refractivity contribution in [3.8, 4) is 17.3 Å². The van der Waals surface area contributed by atoms with E-state index < -0.39 is 6.85 Å². The average Bonchev–Trinajstić information content (AvgIpc) is 3.53. The summed E-state index contributed by atoms with van der Waals surface area (Å²) in [5.74, 6) is 1.61. The fourth-order valence-corrected chi connectivity index (χ4v) is 5.48. The maximum absolute atomic E-state index is 7.90. The second-order valence-electron chi connectivity index (χ2n) is 11.0. The van der Waals surface area contributed by atoms with Crippen molar-refractivity contribution in [1.82, 2.24) is 9.55 Å². The van der Waals surface area contributed by atoms with E-state index >= 15 is 0 Å². The molecule has 4 aromatic carbocycles. The van der Waals surface area contributed by atoms with E-state index in [1.807, 2.05) is 59.2 Å². The summed E-state index contributed by atoms with van der Waals surface area (Å²) in [6, 6.07) is 36.3. The van der Waals surface area contributed by atoms with Crippen LogP contribution < -0.4 is 14.5 Å². The third-order valence-corrected chi connectivity index (χ3v) is 7.35. The molecule has 0 aliphatic carbocycles. The number of para-hydroxylation sites is 3. The van der Waals surface area contributed by atoms with Gasteiger partial charge in [-0.15, -0.1) is 35.7 Å². The molecule has 0 N–H and O–H groups in total. The first-order valence-electron chi connectivity index (χ1n) is 14.8. The maximum atomic E-state index is 7.90. The van der Waals surface area contributed by atoms with Crippen LogP contribution in [0.1, 0.15) is 30.4 Å². The number of aromatic nitrogens is 2. The largest absolute Gasteiger partial charge is 2.00 e. The first-order valence-corrected chi connectivity index (χ1v) is 13.3. The van der Waals surface area contributed by atoms with Gasteiger partial charge in [-0.1, -0.05) is 41.5 Å². The molecule has 0 radical (unpaired) electrons. The molecule has 7 rings (SSSR count). The summed E-state index contributed by atoms with van der Waals surface area (Å²) in [4.78, 5) is 9.18. The number of benzene rings is 4. The van der Waals surface area contributed by atoms with Crippen molar-refractivity contribution in [2.45, 2.75) is 33.2 Å². The second-order valence-corrected chi connectivity index (χ2v) is 11.0. The molecule has 0 spiro atoms. The van der Waals surface area contributed by atoms with Crippen LogP contribution in [0.2, 0.25) is 0 Å². The molecule has 2 aromatic heterocycles. The predicted octanol–water partition coefficient (Wildman–Crippen LogP) is 8.59. The third kappa shape index (κ3) is 4.79. The van der Waals surface area contributed by atoms with Gasteiger partial charge in [0, 0.05) is 32.9 Å². The normalized spacial score (nSPS) is 14.4. The zero-order chi connectivity index (χ0) is 29.9. The topological polar surface area (TPSA) is 33.5 Å². The van der Waals surface area contributed by atoms with Crippen LogP contribution in [0.5, 0.6) is 11.5 Å². The molecule has 1 aliphatic rings. The minimum Gasteiger partial charge on any atom is -0.509 e. The van der Waals surface area contributed by atoms with Gasteiger partial charge in [0.1, 0.15) is 5.82 Å². The van der Waals surface area contributed by atoms with Gasteiger partial charge in [0.2, 0.25) is 0 Å². The average molecular weight is 721 g/mol. The van der Waals surface area contributed by atoms with E-state index in [1.165, 1.54) is 18.0 Å². The van der Waals surface area contributed by atoms with Crippen LogP contribution in [0.4, 0.5) is 17.1 Å². The molecule has 0 unspecified atom stereocenters. The van der Waals surface area contributed by atoms with Crippen LogP contribution in [-0.2, 0) is 21.1 Å². The molecular weight excluding hydrogens is 687 g/mol. The summed E-state index contributed by atoms with van der Waals surface area (Å²) in [7, 11) is 0. The number of ether oxygens (including phenoxy) is 1. The minimum absolute atomic E-state index is 0. The van der Waals surface area contributed by atoms with Crippen LogP contribution in [0, 0.1) is 19.0 Å². The Morgan fingerprint density at radius 2 is 1.61 bits per heavy atom. The van der Waals surface area contributed by atoms with Gasteiger partial charge in [-0.2, -0.15) is 12.1 Å². The summed E-state index contributed by atoms with van der Waals surface area (Å²) in [5, 5.41) is 1.99. The minimum atomic E-state index is -2.24. The Morgan fingerprint density at radius 1 is 0.829 bits per heavy atom. The Labute approximate surface area is 259 Å². The van der Waals surface area contributed by atoms with Crippen LogP contribution in [0.3, 0.4) is 0 Å². The monoisotopic (exact) mass is 720 g/mol. The molecule has 206 valence electrons. The third-order valence-electron chi connectivity index (χ3n) is 7.35. The van der Waals surface area contributed by atoms with Gasteiger partial charge >= 0.3 is 21.1 Å². The first-order chi connectivity index (χ1) is 20.6. The first kappa shape index (κ1) is 23.6. The number of anilines is 3. The van der Waals surface area contributed by atoms with Gasteiger partial charge in [-0.25, -0.2) is 4.98 Å². The van der Waals surface area contributed by atoms with Gasteiger partial charge in [0.05, 0.1) is 18.0 Å².